The second kappa shape index (κ2) is 5.69. The second-order valence-corrected chi connectivity index (χ2v) is 6.80. The lowest BCUT2D eigenvalue weighted by molar-refractivity contribution is -0.181. The van der Waals surface area contributed by atoms with Gasteiger partial charge in [0.05, 0.1) is 4.90 Å². The number of nitrogens with zero attached hydrogens (tertiary/aromatic N) is 1. The molecule has 0 radical (unpaired) electrons. The minimum Gasteiger partial charge on any atom is -0.335 e. The highest BCUT2D eigenvalue weighted by atomic mass is 32.2. The first-order valence-electron chi connectivity index (χ1n) is 6.21. The molecule has 0 spiro atoms. The van der Waals surface area contributed by atoms with Crippen molar-refractivity contribution < 1.29 is 26.4 Å². The normalized spacial score (nSPS) is 21.3. The van der Waals surface area contributed by atoms with Crippen LogP contribution in [0.5, 0.6) is 0 Å². The van der Waals surface area contributed by atoms with Crippen LogP contribution < -0.4 is 10.6 Å². The zero-order chi connectivity index (χ0) is 17.3. The maximum atomic E-state index is 13.6. The fourth-order valence-corrected chi connectivity index (χ4v) is 2.71. The third kappa shape index (κ3) is 3.21. The molecule has 1 heterocycles. The monoisotopic (exact) mass is 347 g/mol. The van der Waals surface area contributed by atoms with E-state index in [1.54, 1.807) is 0 Å². The predicted molar refractivity (Wildman–Crippen MR) is 76.2 cm³/mol. The summed E-state index contributed by atoms with van der Waals surface area (Å²) in [6, 6.07) is 4.30. The van der Waals surface area contributed by atoms with Gasteiger partial charge in [-0.15, -0.1) is 0 Å². The molecule has 0 saturated carbocycles. The summed E-state index contributed by atoms with van der Waals surface area (Å²) < 4.78 is 63.7. The summed E-state index contributed by atoms with van der Waals surface area (Å²) in [5, 5.41) is 4.16. The van der Waals surface area contributed by atoms with Gasteiger partial charge in [-0.25, -0.2) is 13.4 Å². The summed E-state index contributed by atoms with van der Waals surface area (Å²) >= 11 is 0. The van der Waals surface area contributed by atoms with Crippen LogP contribution in [-0.4, -0.2) is 33.2 Å². The lowest BCUT2D eigenvalue weighted by Crippen LogP contribution is -2.58. The Hall–Kier alpha value is -2.36. The topological polar surface area (TPSA) is 87.6 Å². The van der Waals surface area contributed by atoms with Crippen LogP contribution in [0.25, 0.3) is 0 Å². The number of nitrogens with one attached hydrogen (secondary N) is 2. The number of hydrogen-bond acceptors (Lipinski definition) is 5. The molecule has 10 heteroatoms. The van der Waals surface area contributed by atoms with Gasteiger partial charge in [-0.1, -0.05) is 12.1 Å². The number of benzene rings is 1. The highest BCUT2D eigenvalue weighted by Gasteiger charge is 2.56. The molecule has 2 N–H and O–H groups in total. The van der Waals surface area contributed by atoms with Crippen molar-refractivity contribution in [3.8, 4) is 0 Å². The highest BCUT2D eigenvalue weighted by molar-refractivity contribution is 7.90. The summed E-state index contributed by atoms with van der Waals surface area (Å²) in [5.41, 5.74) is -2.87. The first-order valence-corrected chi connectivity index (χ1v) is 8.10. The predicted octanol–water partition coefficient (Wildman–Crippen LogP) is 1.07. The minimum atomic E-state index is -4.76. The van der Waals surface area contributed by atoms with Gasteiger partial charge < -0.3 is 5.32 Å². The van der Waals surface area contributed by atoms with E-state index >= 15 is 0 Å². The maximum Gasteiger partial charge on any atom is 0.419 e. The number of guanidine groups is 1. The van der Waals surface area contributed by atoms with Crippen LogP contribution in [0, 0.1) is 0 Å². The van der Waals surface area contributed by atoms with E-state index in [2.05, 4.69) is 10.3 Å². The van der Waals surface area contributed by atoms with Gasteiger partial charge in [0, 0.05) is 12.5 Å². The first kappa shape index (κ1) is 17.0. The molecule has 1 aliphatic heterocycles. The van der Waals surface area contributed by atoms with E-state index in [0.717, 1.165) is 42.8 Å². The molecule has 1 aromatic rings. The van der Waals surface area contributed by atoms with Gasteiger partial charge >= 0.3 is 6.18 Å². The molecule has 0 bridgehead atoms. The van der Waals surface area contributed by atoms with Gasteiger partial charge in [-0.05, 0) is 23.8 Å². The lowest BCUT2D eigenvalue weighted by atomic mass is 9.88. The Labute approximate surface area is 130 Å². The largest absolute Gasteiger partial charge is 0.419 e. The molecular weight excluding hydrogens is 335 g/mol. The molecule has 1 aromatic carbocycles. The van der Waals surface area contributed by atoms with Crippen LogP contribution >= 0.6 is 0 Å². The van der Waals surface area contributed by atoms with Gasteiger partial charge in [0.1, 0.15) is 0 Å². The molecule has 1 amide bonds. The van der Waals surface area contributed by atoms with E-state index in [1.807, 2.05) is 5.32 Å². The van der Waals surface area contributed by atoms with Crippen molar-refractivity contribution in [3.63, 3.8) is 0 Å². The number of sulfone groups is 1. The maximum absolute atomic E-state index is 13.6. The van der Waals surface area contributed by atoms with Crippen molar-refractivity contribution in [2.24, 2.45) is 4.99 Å². The fourth-order valence-electron chi connectivity index (χ4n) is 2.08. The fraction of sp³-hybridized carbons (Fsp3) is 0.231. The Morgan fingerprint density at radius 3 is 2.35 bits per heavy atom. The molecule has 6 nitrogen and oxygen atoms in total. The summed E-state index contributed by atoms with van der Waals surface area (Å²) in [4.78, 5) is 13.9. The van der Waals surface area contributed by atoms with Crippen LogP contribution in [0.2, 0.25) is 0 Å². The minimum absolute atomic E-state index is 0.0988. The number of amides is 1. The summed E-state index contributed by atoms with van der Waals surface area (Å²) in [5.74, 6) is -0.369. The molecule has 0 aromatic heterocycles. The van der Waals surface area contributed by atoms with E-state index in [-0.39, 0.29) is 22.8 Å². The molecular formula is C13H12F3N3O3S. The first-order chi connectivity index (χ1) is 10.6. The molecule has 0 saturated heterocycles. The number of halogens is 3. The van der Waals surface area contributed by atoms with Gasteiger partial charge in [0.25, 0.3) is 0 Å². The van der Waals surface area contributed by atoms with E-state index in [1.165, 1.54) is 0 Å². The molecule has 2 rings (SSSR count). The molecule has 0 aliphatic carbocycles. The number of carbonyl (C=O) groups is 1. The highest BCUT2D eigenvalue weighted by Crippen LogP contribution is 2.41. The van der Waals surface area contributed by atoms with Gasteiger partial charge in [-0.3, -0.25) is 10.1 Å². The smallest absolute Gasteiger partial charge is 0.335 e. The van der Waals surface area contributed by atoms with Crippen LogP contribution in [-0.2, 0) is 20.2 Å². The van der Waals surface area contributed by atoms with Crippen molar-refractivity contribution in [1.29, 1.82) is 0 Å². The number of carbonyl (C=O) groups excluding carboxylic acids is 1. The summed E-state index contributed by atoms with van der Waals surface area (Å²) in [7, 11) is -3.53. The zero-order valence-corrected chi connectivity index (χ0v) is 12.6. The average molecular weight is 347 g/mol. The van der Waals surface area contributed by atoms with Gasteiger partial charge in [-0.2, -0.15) is 13.2 Å². The number of hydrogen-bond donors (Lipinski definition) is 2. The van der Waals surface area contributed by atoms with Crippen molar-refractivity contribution in [3.05, 3.63) is 42.1 Å². The Kier molecular flexibility index (Phi) is 4.20. The SMILES string of the molecule is CS(=O)(=O)c1ccc(C2(C(F)(F)F)C=CN=C(NC=O)N2)cc1. The standard InChI is InChI=1S/C13H12F3N3O3S/c1-23(21,22)10-4-2-9(3-5-10)12(13(14,15)16)6-7-17-11(19-12)18-8-20/h2-8H,1H3,(H2,17,18,19,20). The average Bonchev–Trinajstić information content (AvgIpc) is 2.46. The quantitative estimate of drug-likeness (QED) is 0.801. The lowest BCUT2D eigenvalue weighted by Gasteiger charge is -2.36. The number of rotatable bonds is 3. The molecule has 0 fully saturated rings. The number of aliphatic imine (C=N–C) groups is 1. The van der Waals surface area contributed by atoms with Crippen molar-refractivity contribution >= 4 is 22.2 Å². The molecule has 1 unspecified atom stereocenters. The second-order valence-electron chi connectivity index (χ2n) is 4.78. The van der Waals surface area contributed by atoms with Crippen molar-refractivity contribution in [1.82, 2.24) is 10.6 Å². The molecule has 1 atom stereocenters. The Morgan fingerprint density at radius 1 is 1.26 bits per heavy atom. The third-order valence-electron chi connectivity index (χ3n) is 3.22. The zero-order valence-electron chi connectivity index (χ0n) is 11.8. The Balaban J connectivity index is 2.51. The van der Waals surface area contributed by atoms with Crippen molar-refractivity contribution in [2.75, 3.05) is 6.26 Å². The van der Waals surface area contributed by atoms with Gasteiger partial charge in [0.2, 0.25) is 12.4 Å². The van der Waals surface area contributed by atoms with E-state index in [0.29, 0.717) is 0 Å². The number of alkyl halides is 3. The van der Waals surface area contributed by atoms with Crippen LogP contribution in [0.1, 0.15) is 5.56 Å². The van der Waals surface area contributed by atoms with E-state index in [9.17, 15) is 26.4 Å². The van der Waals surface area contributed by atoms with Crippen LogP contribution in [0.3, 0.4) is 0 Å². The summed E-state index contributed by atoms with van der Waals surface area (Å²) in [6.45, 7) is 0. The van der Waals surface area contributed by atoms with Crippen LogP contribution in [0.15, 0.2) is 46.4 Å². The van der Waals surface area contributed by atoms with Gasteiger partial charge in [0.15, 0.2) is 15.4 Å². The molecule has 1 aliphatic rings. The third-order valence-corrected chi connectivity index (χ3v) is 4.35. The Bertz CT molecular complexity index is 770. The van der Waals surface area contributed by atoms with Crippen molar-refractivity contribution in [2.45, 2.75) is 16.6 Å². The van der Waals surface area contributed by atoms with E-state index < -0.39 is 21.6 Å². The Morgan fingerprint density at radius 2 is 1.87 bits per heavy atom. The molecule has 124 valence electrons. The summed E-state index contributed by atoms with van der Waals surface area (Å²) in [6.07, 6.45) is -1.90. The molecule has 23 heavy (non-hydrogen) atoms. The van der Waals surface area contributed by atoms with E-state index in [4.69, 9.17) is 0 Å². The van der Waals surface area contributed by atoms with Crippen LogP contribution in [0.4, 0.5) is 13.2 Å².